The number of unbranched alkanes of at least 4 members (excludes halogenated alkanes) is 1. The average molecular weight is 305 g/mol. The van der Waals surface area contributed by atoms with Gasteiger partial charge in [-0.25, -0.2) is 9.97 Å². The second-order valence-corrected chi connectivity index (χ2v) is 5.64. The maximum atomic E-state index is 6.08. The van der Waals surface area contributed by atoms with Gasteiger partial charge in [0, 0.05) is 25.8 Å². The number of hydrogen-bond acceptors (Lipinski definition) is 5. The first kappa shape index (κ1) is 16.7. The second-order valence-electron chi connectivity index (χ2n) is 5.64. The highest BCUT2D eigenvalue weighted by molar-refractivity contribution is 5.88. The van der Waals surface area contributed by atoms with Crippen molar-refractivity contribution in [3.8, 4) is 0 Å². The first-order valence-electron chi connectivity index (χ1n) is 7.85. The number of methoxy groups -OCH3 is 1. The standard InChI is InChI=1S/C16H27N5O/c1-11-12(2)19-16(17)14-15(11)21(9-6-5-8-18-3)13(20-14)7-10-22-4/h18H,5-10H2,1-4H3,(H2,17,19). The van der Waals surface area contributed by atoms with E-state index in [0.717, 1.165) is 60.5 Å². The van der Waals surface area contributed by atoms with Gasteiger partial charge in [-0.05, 0) is 45.8 Å². The van der Waals surface area contributed by atoms with Gasteiger partial charge in [0.15, 0.2) is 5.82 Å². The van der Waals surface area contributed by atoms with Gasteiger partial charge in [0.05, 0.1) is 12.1 Å². The molecule has 6 nitrogen and oxygen atoms in total. The van der Waals surface area contributed by atoms with E-state index in [4.69, 9.17) is 15.5 Å². The van der Waals surface area contributed by atoms with Gasteiger partial charge in [-0.3, -0.25) is 0 Å². The number of nitrogen functional groups attached to an aromatic ring is 1. The van der Waals surface area contributed by atoms with Crippen LogP contribution in [0.1, 0.15) is 29.9 Å². The highest BCUT2D eigenvalue weighted by atomic mass is 16.5. The largest absolute Gasteiger partial charge is 0.384 e. The molecule has 0 fully saturated rings. The summed E-state index contributed by atoms with van der Waals surface area (Å²) in [7, 11) is 3.70. The van der Waals surface area contributed by atoms with Gasteiger partial charge < -0.3 is 20.4 Å². The predicted octanol–water partition coefficient (Wildman–Crippen LogP) is 1.82. The third-order valence-electron chi connectivity index (χ3n) is 4.06. The lowest BCUT2D eigenvalue weighted by molar-refractivity contribution is 0.199. The Balaban J connectivity index is 2.42. The Morgan fingerprint density at radius 1 is 1.23 bits per heavy atom. The first-order chi connectivity index (χ1) is 10.6. The fourth-order valence-corrected chi connectivity index (χ4v) is 2.74. The van der Waals surface area contributed by atoms with E-state index in [1.165, 1.54) is 0 Å². The van der Waals surface area contributed by atoms with Crippen LogP contribution in [0.3, 0.4) is 0 Å². The molecule has 2 aromatic heterocycles. The number of aromatic nitrogens is 3. The van der Waals surface area contributed by atoms with E-state index in [9.17, 15) is 0 Å². The molecule has 0 spiro atoms. The first-order valence-corrected chi connectivity index (χ1v) is 7.85. The fraction of sp³-hybridized carbons (Fsp3) is 0.625. The average Bonchev–Trinajstić information content (AvgIpc) is 2.86. The number of hydrogen-bond donors (Lipinski definition) is 2. The van der Waals surface area contributed by atoms with E-state index in [1.807, 2.05) is 14.0 Å². The molecule has 2 rings (SSSR count). The summed E-state index contributed by atoms with van der Waals surface area (Å²) in [5, 5.41) is 3.19. The van der Waals surface area contributed by atoms with Crippen molar-refractivity contribution in [1.82, 2.24) is 19.9 Å². The van der Waals surface area contributed by atoms with Crippen molar-refractivity contribution in [1.29, 1.82) is 0 Å². The van der Waals surface area contributed by atoms with Gasteiger partial charge in [-0.2, -0.15) is 0 Å². The molecule has 0 aliphatic carbocycles. The SMILES string of the molecule is CNCCCCn1c(CCOC)nc2c(N)nc(C)c(C)c21. The van der Waals surface area contributed by atoms with E-state index < -0.39 is 0 Å². The summed E-state index contributed by atoms with van der Waals surface area (Å²) in [4.78, 5) is 9.14. The molecule has 6 heteroatoms. The fourth-order valence-electron chi connectivity index (χ4n) is 2.74. The molecule has 0 aliphatic rings. The van der Waals surface area contributed by atoms with Crippen molar-refractivity contribution in [2.75, 3.05) is 33.0 Å². The Morgan fingerprint density at radius 2 is 2.00 bits per heavy atom. The molecule has 0 radical (unpaired) electrons. The van der Waals surface area contributed by atoms with Crippen LogP contribution in [-0.4, -0.2) is 41.8 Å². The molecule has 122 valence electrons. The quantitative estimate of drug-likeness (QED) is 0.727. The van der Waals surface area contributed by atoms with Crippen molar-refractivity contribution in [3.05, 3.63) is 17.1 Å². The summed E-state index contributed by atoms with van der Waals surface area (Å²) < 4.78 is 7.51. The highest BCUT2D eigenvalue weighted by Gasteiger charge is 2.17. The number of nitrogens with one attached hydrogen (secondary N) is 1. The van der Waals surface area contributed by atoms with Crippen molar-refractivity contribution >= 4 is 16.9 Å². The minimum Gasteiger partial charge on any atom is -0.384 e. The lowest BCUT2D eigenvalue weighted by Crippen LogP contribution is -2.11. The van der Waals surface area contributed by atoms with Crippen LogP contribution in [0.4, 0.5) is 5.82 Å². The molecule has 0 amide bonds. The van der Waals surface area contributed by atoms with Crippen molar-refractivity contribution in [3.63, 3.8) is 0 Å². The minimum absolute atomic E-state index is 0.519. The Bertz CT molecular complexity index is 635. The zero-order valence-electron chi connectivity index (χ0n) is 14.1. The van der Waals surface area contributed by atoms with Gasteiger partial charge in [-0.15, -0.1) is 0 Å². The Kier molecular flexibility index (Phi) is 5.74. The third kappa shape index (κ3) is 3.39. The summed E-state index contributed by atoms with van der Waals surface area (Å²) in [5.41, 5.74) is 10.2. The number of ether oxygens (including phenoxy) is 1. The van der Waals surface area contributed by atoms with Crippen LogP contribution in [0.15, 0.2) is 0 Å². The molecule has 0 saturated heterocycles. The van der Waals surface area contributed by atoms with Crippen molar-refractivity contribution < 1.29 is 4.74 Å². The summed E-state index contributed by atoms with van der Waals surface area (Å²) >= 11 is 0. The van der Waals surface area contributed by atoms with Crippen LogP contribution in [0.5, 0.6) is 0 Å². The summed E-state index contributed by atoms with van der Waals surface area (Å²) in [6, 6.07) is 0. The maximum Gasteiger partial charge on any atom is 0.151 e. The van der Waals surface area contributed by atoms with Gasteiger partial charge in [0.1, 0.15) is 11.3 Å². The molecular weight excluding hydrogens is 278 g/mol. The predicted molar refractivity (Wildman–Crippen MR) is 90.2 cm³/mol. The van der Waals surface area contributed by atoms with Crippen molar-refractivity contribution in [2.24, 2.45) is 0 Å². The van der Waals surface area contributed by atoms with Gasteiger partial charge in [0.2, 0.25) is 0 Å². The monoisotopic (exact) mass is 305 g/mol. The van der Waals surface area contributed by atoms with E-state index >= 15 is 0 Å². The topological polar surface area (TPSA) is 78.0 Å². The number of rotatable bonds is 8. The molecular formula is C16H27N5O. The van der Waals surface area contributed by atoms with Crippen LogP contribution >= 0.6 is 0 Å². The van der Waals surface area contributed by atoms with E-state index in [1.54, 1.807) is 7.11 Å². The van der Waals surface area contributed by atoms with Gasteiger partial charge >= 0.3 is 0 Å². The number of anilines is 1. The van der Waals surface area contributed by atoms with E-state index in [0.29, 0.717) is 12.4 Å². The summed E-state index contributed by atoms with van der Waals surface area (Å²) in [5.74, 6) is 1.55. The molecule has 2 heterocycles. The zero-order valence-corrected chi connectivity index (χ0v) is 14.1. The molecule has 0 unspecified atom stereocenters. The second kappa shape index (κ2) is 7.56. The Labute approximate surface area is 132 Å². The van der Waals surface area contributed by atoms with Gasteiger partial charge in [-0.1, -0.05) is 0 Å². The number of pyridine rings is 1. The number of aryl methyl sites for hydroxylation is 3. The summed E-state index contributed by atoms with van der Waals surface area (Å²) in [6.07, 6.45) is 3.03. The van der Waals surface area contributed by atoms with Gasteiger partial charge in [0.25, 0.3) is 0 Å². The van der Waals surface area contributed by atoms with Crippen LogP contribution < -0.4 is 11.1 Å². The molecule has 0 atom stereocenters. The molecule has 0 aliphatic heterocycles. The maximum absolute atomic E-state index is 6.08. The number of nitrogens with two attached hydrogens (primary N) is 1. The van der Waals surface area contributed by atoms with Crippen LogP contribution in [-0.2, 0) is 17.7 Å². The molecule has 22 heavy (non-hydrogen) atoms. The molecule has 0 saturated carbocycles. The smallest absolute Gasteiger partial charge is 0.151 e. The Morgan fingerprint density at radius 3 is 2.68 bits per heavy atom. The van der Waals surface area contributed by atoms with E-state index in [-0.39, 0.29) is 0 Å². The van der Waals surface area contributed by atoms with Crippen LogP contribution in [0.25, 0.3) is 11.0 Å². The van der Waals surface area contributed by atoms with Crippen LogP contribution in [0.2, 0.25) is 0 Å². The van der Waals surface area contributed by atoms with Crippen molar-refractivity contribution in [2.45, 2.75) is 39.7 Å². The third-order valence-corrected chi connectivity index (χ3v) is 4.06. The minimum atomic E-state index is 0.519. The molecule has 2 aromatic rings. The lowest BCUT2D eigenvalue weighted by Gasteiger charge is -2.11. The highest BCUT2D eigenvalue weighted by Crippen LogP contribution is 2.26. The van der Waals surface area contributed by atoms with E-state index in [2.05, 4.69) is 21.8 Å². The van der Waals surface area contributed by atoms with Crippen LogP contribution in [0, 0.1) is 13.8 Å². The molecule has 3 N–H and O–H groups in total. The summed E-state index contributed by atoms with van der Waals surface area (Å²) in [6.45, 7) is 6.72. The molecule has 0 bridgehead atoms. The number of fused-ring (bicyclic) bond motifs is 1. The number of imidazole rings is 1. The number of nitrogens with zero attached hydrogens (tertiary/aromatic N) is 3. The molecule has 0 aromatic carbocycles. The Hall–Kier alpha value is -1.66. The lowest BCUT2D eigenvalue weighted by atomic mass is 10.2. The zero-order chi connectivity index (χ0) is 16.1. The normalized spacial score (nSPS) is 11.5.